The molecule has 172 valence electrons. The van der Waals surface area contributed by atoms with Crippen molar-refractivity contribution in [2.45, 2.75) is 33.1 Å². The number of ether oxygens (including phenoxy) is 1. The van der Waals surface area contributed by atoms with Crippen LogP contribution in [0.4, 0.5) is 0 Å². The maximum absolute atomic E-state index is 12.6. The number of hydrogen-bond acceptors (Lipinski definition) is 5. The molecule has 0 bridgehead atoms. The summed E-state index contributed by atoms with van der Waals surface area (Å²) in [5.41, 5.74) is 4.45. The lowest BCUT2D eigenvalue weighted by molar-refractivity contribution is -0.120. The predicted octanol–water partition coefficient (Wildman–Crippen LogP) is 3.72. The lowest BCUT2D eigenvalue weighted by Gasteiger charge is -2.09. The van der Waals surface area contributed by atoms with Crippen molar-refractivity contribution in [3.63, 3.8) is 0 Å². The van der Waals surface area contributed by atoms with Crippen molar-refractivity contribution in [1.82, 2.24) is 20.3 Å². The molecule has 2 N–H and O–H groups in total. The zero-order valence-corrected chi connectivity index (χ0v) is 19.0. The Balaban J connectivity index is 1.28. The first-order valence-electron chi connectivity index (χ1n) is 11.0. The molecule has 2 heterocycles. The Bertz CT molecular complexity index is 1290. The number of aromatic amines is 1. The zero-order chi connectivity index (χ0) is 23.8. The Labute approximate surface area is 197 Å². The van der Waals surface area contributed by atoms with Crippen LogP contribution in [0.3, 0.4) is 0 Å². The van der Waals surface area contributed by atoms with Gasteiger partial charge in [-0.05, 0) is 35.7 Å². The number of hydrogen-bond donors (Lipinski definition) is 2. The van der Waals surface area contributed by atoms with Crippen molar-refractivity contribution < 1.29 is 9.53 Å². The molecular formula is C27H26N4O3. The van der Waals surface area contributed by atoms with Crippen LogP contribution in [-0.4, -0.2) is 20.9 Å². The zero-order valence-electron chi connectivity index (χ0n) is 19.0. The lowest BCUT2D eigenvalue weighted by Crippen LogP contribution is -2.28. The molecule has 0 aliphatic heterocycles. The Morgan fingerprint density at radius 1 is 0.941 bits per heavy atom. The maximum atomic E-state index is 12.6. The van der Waals surface area contributed by atoms with E-state index in [9.17, 15) is 9.59 Å². The average Bonchev–Trinajstić information content (AvgIpc) is 2.87. The van der Waals surface area contributed by atoms with E-state index in [4.69, 9.17) is 4.74 Å². The van der Waals surface area contributed by atoms with Crippen LogP contribution in [0.2, 0.25) is 0 Å². The highest BCUT2D eigenvalue weighted by Gasteiger charge is 2.13. The van der Waals surface area contributed by atoms with Crippen LogP contribution in [0.25, 0.3) is 11.4 Å². The predicted molar refractivity (Wildman–Crippen MR) is 130 cm³/mol. The molecule has 0 radical (unpaired) electrons. The molecule has 1 amide bonds. The van der Waals surface area contributed by atoms with Crippen molar-refractivity contribution in [2.75, 3.05) is 0 Å². The minimum atomic E-state index is -0.318. The van der Waals surface area contributed by atoms with Crippen LogP contribution < -0.4 is 10.9 Å². The minimum absolute atomic E-state index is 0.0348. The van der Waals surface area contributed by atoms with Gasteiger partial charge >= 0.3 is 0 Å². The van der Waals surface area contributed by atoms with Crippen LogP contribution in [0.15, 0.2) is 83.9 Å². The molecule has 0 aliphatic rings. The molecule has 0 fully saturated rings. The second-order valence-corrected chi connectivity index (χ2v) is 7.97. The van der Waals surface area contributed by atoms with E-state index in [0.29, 0.717) is 42.4 Å². The van der Waals surface area contributed by atoms with E-state index in [2.05, 4.69) is 20.3 Å². The number of carbonyl (C=O) groups excluding carboxylic acids is 1. The van der Waals surface area contributed by atoms with Gasteiger partial charge in [-0.15, -0.1) is 0 Å². The summed E-state index contributed by atoms with van der Waals surface area (Å²) in [6.07, 6.45) is 3.25. The maximum Gasteiger partial charge on any atom is 0.255 e. The topological polar surface area (TPSA) is 97.0 Å². The van der Waals surface area contributed by atoms with Gasteiger partial charge in [-0.2, -0.15) is 0 Å². The summed E-state index contributed by atoms with van der Waals surface area (Å²) in [4.78, 5) is 36.2. The van der Waals surface area contributed by atoms with Gasteiger partial charge in [0, 0.05) is 35.8 Å². The number of carbonyl (C=O) groups is 1. The highest BCUT2D eigenvalue weighted by atomic mass is 16.5. The first kappa shape index (κ1) is 23.1. The number of rotatable bonds is 9. The quantitative estimate of drug-likeness (QED) is 0.402. The van der Waals surface area contributed by atoms with Gasteiger partial charge in [0.1, 0.15) is 5.82 Å². The van der Waals surface area contributed by atoms with Crippen LogP contribution in [0, 0.1) is 6.92 Å². The van der Waals surface area contributed by atoms with Crippen molar-refractivity contribution >= 4 is 5.91 Å². The number of aryl methyl sites for hydroxylation is 1. The highest BCUT2D eigenvalue weighted by molar-refractivity contribution is 5.78. The summed E-state index contributed by atoms with van der Waals surface area (Å²) in [5.74, 6) is 0.201. The van der Waals surface area contributed by atoms with Crippen LogP contribution in [-0.2, 0) is 35.7 Å². The van der Waals surface area contributed by atoms with E-state index in [1.54, 1.807) is 25.4 Å². The molecule has 7 heteroatoms. The number of nitrogens with zero attached hydrogens (tertiary/aromatic N) is 2. The van der Waals surface area contributed by atoms with Crippen LogP contribution >= 0.6 is 0 Å². The minimum Gasteiger partial charge on any atom is -0.372 e. The van der Waals surface area contributed by atoms with Gasteiger partial charge in [-0.3, -0.25) is 14.6 Å². The third-order valence-corrected chi connectivity index (χ3v) is 5.39. The smallest absolute Gasteiger partial charge is 0.255 e. The molecule has 34 heavy (non-hydrogen) atoms. The third kappa shape index (κ3) is 6.24. The molecule has 2 aromatic heterocycles. The van der Waals surface area contributed by atoms with Crippen LogP contribution in [0.1, 0.15) is 27.9 Å². The van der Waals surface area contributed by atoms with Crippen molar-refractivity contribution in [3.05, 3.63) is 117 Å². The summed E-state index contributed by atoms with van der Waals surface area (Å²) in [7, 11) is 0. The number of H-pyrrole nitrogens is 1. The molecule has 0 atom stereocenters. The summed E-state index contributed by atoms with van der Waals surface area (Å²) in [5, 5.41) is 2.87. The first-order chi connectivity index (χ1) is 16.6. The summed E-state index contributed by atoms with van der Waals surface area (Å²) in [6.45, 7) is 3.19. The van der Waals surface area contributed by atoms with Gasteiger partial charge in [0.2, 0.25) is 5.91 Å². The molecule has 0 unspecified atom stereocenters. The van der Waals surface area contributed by atoms with E-state index < -0.39 is 0 Å². The molecule has 0 saturated carbocycles. The number of amides is 1. The van der Waals surface area contributed by atoms with E-state index in [1.807, 2.05) is 60.7 Å². The molecule has 0 spiro atoms. The summed E-state index contributed by atoms with van der Waals surface area (Å²) in [6, 6.07) is 21.5. The molecule has 4 aromatic rings. The average molecular weight is 455 g/mol. The van der Waals surface area contributed by atoms with Crippen molar-refractivity contribution in [1.29, 1.82) is 0 Å². The standard InChI is InChI=1S/C27H26N4O3/c1-19-24(27(33)31-26(30-19)23-8-5-13-28-16-23)14-25(32)29-15-20-9-11-22(12-10-20)18-34-17-21-6-3-2-4-7-21/h2-13,16H,14-15,17-18H2,1H3,(H,29,32)(H,30,31,33). The van der Waals surface area contributed by atoms with Gasteiger partial charge in [0.05, 0.1) is 19.6 Å². The van der Waals surface area contributed by atoms with Gasteiger partial charge in [0.25, 0.3) is 5.56 Å². The monoisotopic (exact) mass is 454 g/mol. The molecule has 0 aliphatic carbocycles. The number of nitrogens with one attached hydrogen (secondary N) is 2. The fraction of sp³-hybridized carbons (Fsp3) is 0.185. The molecular weight excluding hydrogens is 428 g/mol. The van der Waals surface area contributed by atoms with Gasteiger partial charge in [0.15, 0.2) is 0 Å². The number of aromatic nitrogens is 3. The lowest BCUT2D eigenvalue weighted by atomic mass is 10.1. The fourth-order valence-electron chi connectivity index (χ4n) is 3.50. The normalized spacial score (nSPS) is 10.7. The number of benzene rings is 2. The third-order valence-electron chi connectivity index (χ3n) is 5.39. The second kappa shape index (κ2) is 11.2. The van der Waals surface area contributed by atoms with E-state index >= 15 is 0 Å². The van der Waals surface area contributed by atoms with Crippen molar-refractivity contribution in [3.8, 4) is 11.4 Å². The van der Waals surface area contributed by atoms with E-state index in [0.717, 1.165) is 16.7 Å². The molecule has 2 aromatic carbocycles. The largest absolute Gasteiger partial charge is 0.372 e. The molecule has 7 nitrogen and oxygen atoms in total. The Morgan fingerprint density at radius 2 is 1.65 bits per heavy atom. The van der Waals surface area contributed by atoms with Gasteiger partial charge in [-0.25, -0.2) is 4.98 Å². The van der Waals surface area contributed by atoms with Gasteiger partial charge < -0.3 is 15.0 Å². The SMILES string of the molecule is Cc1nc(-c2cccnc2)[nH]c(=O)c1CC(=O)NCc1ccc(COCc2ccccc2)cc1. The fourth-order valence-corrected chi connectivity index (χ4v) is 3.50. The van der Waals surface area contributed by atoms with Crippen molar-refractivity contribution in [2.24, 2.45) is 0 Å². The van der Waals surface area contributed by atoms with Gasteiger partial charge in [-0.1, -0.05) is 54.6 Å². The summed E-state index contributed by atoms with van der Waals surface area (Å²) >= 11 is 0. The number of pyridine rings is 1. The highest BCUT2D eigenvalue weighted by Crippen LogP contribution is 2.13. The Hall–Kier alpha value is -4.10. The second-order valence-electron chi connectivity index (χ2n) is 7.97. The Morgan fingerprint density at radius 3 is 2.32 bits per heavy atom. The summed E-state index contributed by atoms with van der Waals surface area (Å²) < 4.78 is 5.76. The van der Waals surface area contributed by atoms with Crippen LogP contribution in [0.5, 0.6) is 0 Å². The molecule has 4 rings (SSSR count). The first-order valence-corrected chi connectivity index (χ1v) is 11.0. The van der Waals surface area contributed by atoms with E-state index in [-0.39, 0.29) is 17.9 Å². The Kier molecular flexibility index (Phi) is 7.57. The van der Waals surface area contributed by atoms with E-state index in [1.165, 1.54) is 0 Å². The molecule has 0 saturated heterocycles.